The Morgan fingerprint density at radius 3 is 2.56 bits per heavy atom. The van der Waals surface area contributed by atoms with Crippen molar-refractivity contribution < 1.29 is 14.7 Å². The van der Waals surface area contributed by atoms with E-state index in [0.29, 0.717) is 11.3 Å². The van der Waals surface area contributed by atoms with Gasteiger partial charge in [-0.05, 0) is 0 Å². The van der Waals surface area contributed by atoms with Crippen LogP contribution in [-0.2, 0) is 18.3 Å². The molecule has 0 fully saturated rings. The summed E-state index contributed by atoms with van der Waals surface area (Å²) in [5.41, 5.74) is 1.04. The summed E-state index contributed by atoms with van der Waals surface area (Å²) in [4.78, 5) is 26.8. The van der Waals surface area contributed by atoms with Gasteiger partial charge in [-0.2, -0.15) is 0 Å². The predicted octanol–water partition coefficient (Wildman–Crippen LogP) is 1.28. The molecule has 0 bridgehead atoms. The molecule has 0 saturated carbocycles. The smallest absolute Gasteiger partial charge is 0.309 e. The number of rotatable bonds is 4. The van der Waals surface area contributed by atoms with Gasteiger partial charge in [-0.25, -0.2) is 4.98 Å². The molecule has 0 saturated heterocycles. The first-order valence-electron chi connectivity index (χ1n) is 5.41. The van der Waals surface area contributed by atoms with Crippen LogP contribution in [-0.4, -0.2) is 26.4 Å². The van der Waals surface area contributed by atoms with Crippen LogP contribution in [0.1, 0.15) is 21.9 Å². The average Bonchev–Trinajstić information content (AvgIpc) is 2.71. The number of carboxylic acid groups (broad SMARTS) is 1. The van der Waals surface area contributed by atoms with E-state index in [-0.39, 0.29) is 18.0 Å². The number of carboxylic acids is 1. The number of hydrogen-bond donors (Lipinski definition) is 1. The Bertz CT molecular complexity index is 588. The number of carbonyl (C=O) groups is 2. The molecule has 0 amide bonds. The van der Waals surface area contributed by atoms with Gasteiger partial charge in [-0.1, -0.05) is 30.3 Å². The quantitative estimate of drug-likeness (QED) is 0.822. The summed E-state index contributed by atoms with van der Waals surface area (Å²) in [6, 6.07) is 8.77. The number of nitrogens with zero attached hydrogens (tertiary/aromatic N) is 2. The molecule has 1 aromatic heterocycles. The Kier molecular flexibility index (Phi) is 3.23. The van der Waals surface area contributed by atoms with E-state index in [1.165, 1.54) is 10.8 Å². The maximum atomic E-state index is 12.1. The van der Waals surface area contributed by atoms with Crippen molar-refractivity contribution in [3.63, 3.8) is 0 Å². The van der Waals surface area contributed by atoms with Gasteiger partial charge < -0.3 is 9.67 Å². The molecule has 0 unspecified atom stereocenters. The van der Waals surface area contributed by atoms with Crippen LogP contribution in [0.25, 0.3) is 0 Å². The molecular weight excluding hydrogens is 232 g/mol. The average molecular weight is 244 g/mol. The molecule has 92 valence electrons. The highest BCUT2D eigenvalue weighted by Crippen LogP contribution is 2.10. The summed E-state index contributed by atoms with van der Waals surface area (Å²) in [6.07, 6.45) is 1.27. The lowest BCUT2D eigenvalue weighted by atomic mass is 10.1. The minimum absolute atomic E-state index is 0.147. The van der Waals surface area contributed by atoms with Crippen molar-refractivity contribution in [2.45, 2.75) is 6.42 Å². The number of imidazole rings is 1. The van der Waals surface area contributed by atoms with E-state index >= 15 is 0 Å². The van der Waals surface area contributed by atoms with Gasteiger partial charge in [-0.15, -0.1) is 0 Å². The van der Waals surface area contributed by atoms with Crippen LogP contribution in [0.2, 0.25) is 0 Å². The van der Waals surface area contributed by atoms with Crippen molar-refractivity contribution in [2.75, 3.05) is 0 Å². The lowest BCUT2D eigenvalue weighted by Gasteiger charge is -2.03. The number of aliphatic carboxylic acids is 1. The number of ketones is 1. The van der Waals surface area contributed by atoms with Crippen LogP contribution in [0.4, 0.5) is 0 Å². The standard InChI is InChI=1S/C13H12N2O3/c1-15-10(7-11(16)17)8-14-13(15)12(18)9-5-3-2-4-6-9/h2-6,8H,7H2,1H3,(H,16,17). The van der Waals surface area contributed by atoms with Gasteiger partial charge in [0, 0.05) is 24.5 Å². The molecule has 0 atom stereocenters. The zero-order chi connectivity index (χ0) is 13.1. The van der Waals surface area contributed by atoms with Gasteiger partial charge >= 0.3 is 5.97 Å². The summed E-state index contributed by atoms with van der Waals surface area (Å²) >= 11 is 0. The molecule has 0 radical (unpaired) electrons. The Hall–Kier alpha value is -2.43. The molecule has 1 N–H and O–H groups in total. The van der Waals surface area contributed by atoms with Crippen molar-refractivity contribution in [3.8, 4) is 0 Å². The fourth-order valence-electron chi connectivity index (χ4n) is 1.69. The van der Waals surface area contributed by atoms with E-state index < -0.39 is 5.97 Å². The van der Waals surface area contributed by atoms with E-state index in [4.69, 9.17) is 5.11 Å². The second kappa shape index (κ2) is 4.83. The molecule has 0 aliphatic heterocycles. The summed E-state index contributed by atoms with van der Waals surface area (Å²) < 4.78 is 1.52. The van der Waals surface area contributed by atoms with Gasteiger partial charge in [0.05, 0.1) is 6.42 Å². The predicted molar refractivity (Wildman–Crippen MR) is 64.4 cm³/mol. The normalized spacial score (nSPS) is 10.3. The molecule has 2 rings (SSSR count). The molecule has 0 aliphatic rings. The summed E-state index contributed by atoms with van der Waals surface area (Å²) in [5, 5.41) is 8.73. The Balaban J connectivity index is 2.32. The van der Waals surface area contributed by atoms with Crippen LogP contribution in [0.3, 0.4) is 0 Å². The minimum atomic E-state index is -0.947. The van der Waals surface area contributed by atoms with E-state index in [9.17, 15) is 9.59 Å². The zero-order valence-corrected chi connectivity index (χ0v) is 9.83. The fourth-order valence-corrected chi connectivity index (χ4v) is 1.69. The highest BCUT2D eigenvalue weighted by Gasteiger charge is 2.17. The fraction of sp³-hybridized carbons (Fsp3) is 0.154. The summed E-state index contributed by atoms with van der Waals surface area (Å²) in [6.45, 7) is 0. The van der Waals surface area contributed by atoms with Crippen molar-refractivity contribution >= 4 is 11.8 Å². The molecule has 2 aromatic rings. The van der Waals surface area contributed by atoms with E-state index in [1.807, 2.05) is 6.07 Å². The first-order valence-corrected chi connectivity index (χ1v) is 5.41. The largest absolute Gasteiger partial charge is 0.481 e. The van der Waals surface area contributed by atoms with Crippen LogP contribution in [0.5, 0.6) is 0 Å². The molecule has 0 aliphatic carbocycles. The van der Waals surface area contributed by atoms with Gasteiger partial charge in [0.15, 0.2) is 5.82 Å². The summed E-state index contributed by atoms with van der Waals surface area (Å²) in [7, 11) is 1.64. The second-order valence-corrected chi connectivity index (χ2v) is 3.90. The molecule has 0 spiro atoms. The third kappa shape index (κ3) is 2.29. The second-order valence-electron chi connectivity index (χ2n) is 3.90. The van der Waals surface area contributed by atoms with Crippen LogP contribution in [0.15, 0.2) is 36.5 Å². The number of benzene rings is 1. The van der Waals surface area contributed by atoms with Crippen molar-refractivity contribution in [3.05, 3.63) is 53.6 Å². The SMILES string of the molecule is Cn1c(CC(=O)O)cnc1C(=O)c1ccccc1. The Morgan fingerprint density at radius 1 is 1.28 bits per heavy atom. The monoisotopic (exact) mass is 244 g/mol. The summed E-state index contributed by atoms with van der Waals surface area (Å²) in [5.74, 6) is -0.913. The van der Waals surface area contributed by atoms with Gasteiger partial charge in [0.2, 0.25) is 5.78 Å². The highest BCUT2D eigenvalue weighted by atomic mass is 16.4. The maximum Gasteiger partial charge on any atom is 0.309 e. The first kappa shape index (κ1) is 12.0. The third-order valence-corrected chi connectivity index (χ3v) is 2.66. The molecule has 18 heavy (non-hydrogen) atoms. The molecule has 1 heterocycles. The van der Waals surface area contributed by atoms with Crippen molar-refractivity contribution in [1.29, 1.82) is 0 Å². The van der Waals surface area contributed by atoms with Gasteiger partial charge in [0.25, 0.3) is 0 Å². The third-order valence-electron chi connectivity index (χ3n) is 2.66. The molecular formula is C13H12N2O3. The maximum absolute atomic E-state index is 12.1. The van der Waals surface area contributed by atoms with Gasteiger partial charge in [0.1, 0.15) is 0 Å². The van der Waals surface area contributed by atoms with Gasteiger partial charge in [-0.3, -0.25) is 9.59 Å². The first-order chi connectivity index (χ1) is 8.59. The minimum Gasteiger partial charge on any atom is -0.481 e. The Morgan fingerprint density at radius 2 is 1.94 bits per heavy atom. The lowest BCUT2D eigenvalue weighted by Crippen LogP contribution is -2.12. The van der Waals surface area contributed by atoms with E-state index in [1.54, 1.807) is 31.3 Å². The van der Waals surface area contributed by atoms with Crippen molar-refractivity contribution in [2.24, 2.45) is 7.05 Å². The lowest BCUT2D eigenvalue weighted by molar-refractivity contribution is -0.136. The molecule has 5 nitrogen and oxygen atoms in total. The number of hydrogen-bond acceptors (Lipinski definition) is 3. The Labute approximate surface area is 104 Å². The molecule has 1 aromatic carbocycles. The molecule has 5 heteroatoms. The number of aromatic nitrogens is 2. The van der Waals surface area contributed by atoms with Crippen molar-refractivity contribution in [1.82, 2.24) is 9.55 Å². The van der Waals surface area contributed by atoms with E-state index in [2.05, 4.69) is 4.98 Å². The van der Waals surface area contributed by atoms with Crippen LogP contribution >= 0.6 is 0 Å². The number of carbonyl (C=O) groups excluding carboxylic acids is 1. The van der Waals surface area contributed by atoms with Crippen LogP contribution < -0.4 is 0 Å². The van der Waals surface area contributed by atoms with Crippen LogP contribution in [0, 0.1) is 0 Å². The van der Waals surface area contributed by atoms with E-state index in [0.717, 1.165) is 0 Å². The topological polar surface area (TPSA) is 72.2 Å². The highest BCUT2D eigenvalue weighted by molar-refractivity contribution is 6.06. The zero-order valence-electron chi connectivity index (χ0n) is 9.83.